The van der Waals surface area contributed by atoms with Crippen LogP contribution < -0.4 is 5.43 Å². The average Bonchev–Trinajstić information content (AvgIpc) is 2.42. The molecule has 0 aromatic heterocycles. The van der Waals surface area contributed by atoms with Gasteiger partial charge in [0.25, 0.3) is 0 Å². The molecular weight excluding hydrogens is 271 g/mol. The zero-order valence-electron chi connectivity index (χ0n) is 11.5. The highest BCUT2D eigenvalue weighted by molar-refractivity contribution is 5.83. The fourth-order valence-electron chi connectivity index (χ4n) is 1.83. The number of aromatic hydroxyl groups is 1. The van der Waals surface area contributed by atoms with Crippen LogP contribution in [0, 0.1) is 12.7 Å². The summed E-state index contributed by atoms with van der Waals surface area (Å²) in [6.07, 6.45) is 1.35. The number of hydrogen-bond donors (Lipinski definition) is 2. The molecule has 0 bridgehead atoms. The fraction of sp³-hybridized carbons (Fsp3) is 0.125. The molecule has 0 aliphatic heterocycles. The monoisotopic (exact) mass is 286 g/mol. The van der Waals surface area contributed by atoms with Gasteiger partial charge in [-0.2, -0.15) is 5.10 Å². The van der Waals surface area contributed by atoms with E-state index in [1.165, 1.54) is 24.4 Å². The van der Waals surface area contributed by atoms with E-state index in [0.29, 0.717) is 11.1 Å². The minimum absolute atomic E-state index is 0.0854. The minimum atomic E-state index is -0.397. The van der Waals surface area contributed by atoms with Crippen LogP contribution in [0.4, 0.5) is 4.39 Å². The molecule has 0 spiro atoms. The van der Waals surface area contributed by atoms with Crippen molar-refractivity contribution in [2.24, 2.45) is 5.10 Å². The number of carbonyl (C=O) groups is 1. The van der Waals surface area contributed by atoms with Crippen LogP contribution in [-0.2, 0) is 11.2 Å². The largest absolute Gasteiger partial charge is 0.508 e. The Bertz CT molecular complexity index is 684. The Morgan fingerprint density at radius 3 is 2.90 bits per heavy atom. The molecule has 2 N–H and O–H groups in total. The Balaban J connectivity index is 1.94. The van der Waals surface area contributed by atoms with E-state index < -0.39 is 5.82 Å². The molecule has 0 aliphatic carbocycles. The van der Waals surface area contributed by atoms with Gasteiger partial charge in [0.1, 0.15) is 11.6 Å². The molecule has 0 unspecified atom stereocenters. The maximum Gasteiger partial charge on any atom is 0.244 e. The molecule has 2 rings (SSSR count). The third kappa shape index (κ3) is 4.42. The van der Waals surface area contributed by atoms with Crippen molar-refractivity contribution in [3.8, 4) is 5.75 Å². The van der Waals surface area contributed by atoms with Crippen LogP contribution in [0.3, 0.4) is 0 Å². The second-order valence-electron chi connectivity index (χ2n) is 4.66. The van der Waals surface area contributed by atoms with Gasteiger partial charge in [0.15, 0.2) is 0 Å². The number of nitrogens with zero attached hydrogens (tertiary/aromatic N) is 1. The first-order valence-electron chi connectivity index (χ1n) is 6.40. The Morgan fingerprint density at radius 1 is 1.33 bits per heavy atom. The Kier molecular flexibility index (Phi) is 4.66. The van der Waals surface area contributed by atoms with Crippen molar-refractivity contribution < 1.29 is 14.3 Å². The molecule has 2 aromatic carbocycles. The molecule has 0 radical (unpaired) electrons. The first kappa shape index (κ1) is 14.7. The van der Waals surface area contributed by atoms with E-state index in [4.69, 9.17) is 0 Å². The Labute approximate surface area is 121 Å². The number of amides is 1. The lowest BCUT2D eigenvalue weighted by Crippen LogP contribution is -2.19. The van der Waals surface area contributed by atoms with Crippen LogP contribution in [-0.4, -0.2) is 17.2 Å². The van der Waals surface area contributed by atoms with E-state index in [0.717, 1.165) is 5.56 Å². The normalized spacial score (nSPS) is 10.8. The maximum atomic E-state index is 13.5. The van der Waals surface area contributed by atoms with Crippen molar-refractivity contribution >= 4 is 12.1 Å². The summed E-state index contributed by atoms with van der Waals surface area (Å²) in [7, 11) is 0. The summed E-state index contributed by atoms with van der Waals surface area (Å²) in [5, 5.41) is 13.0. The van der Waals surface area contributed by atoms with E-state index in [2.05, 4.69) is 10.5 Å². The van der Waals surface area contributed by atoms with Crippen LogP contribution in [0.2, 0.25) is 0 Å². The highest BCUT2D eigenvalue weighted by Crippen LogP contribution is 2.11. The Hall–Kier alpha value is -2.69. The fourth-order valence-corrected chi connectivity index (χ4v) is 1.83. The summed E-state index contributed by atoms with van der Waals surface area (Å²) < 4.78 is 13.5. The van der Waals surface area contributed by atoms with E-state index in [9.17, 15) is 14.3 Å². The summed E-state index contributed by atoms with van der Waals surface area (Å²) in [6, 6.07) is 11.1. The number of hydrazone groups is 1. The van der Waals surface area contributed by atoms with Crippen LogP contribution >= 0.6 is 0 Å². The van der Waals surface area contributed by atoms with Crippen molar-refractivity contribution in [2.45, 2.75) is 13.3 Å². The number of hydrogen-bond acceptors (Lipinski definition) is 3. The standard InChI is InChI=1S/C16H15FN2O2/c1-11-5-6-15(17)13(7-11)10-18-19-16(21)9-12-3-2-4-14(20)8-12/h2-8,10,20H,9H2,1H3,(H,19,21)/b18-10+. The average molecular weight is 286 g/mol. The quantitative estimate of drug-likeness (QED) is 0.670. The molecule has 2 aromatic rings. The highest BCUT2D eigenvalue weighted by Gasteiger charge is 2.03. The van der Waals surface area contributed by atoms with Crippen LogP contribution in [0.15, 0.2) is 47.6 Å². The molecule has 108 valence electrons. The number of aryl methyl sites for hydroxylation is 1. The Morgan fingerprint density at radius 2 is 2.14 bits per heavy atom. The van der Waals surface area contributed by atoms with Gasteiger partial charge in [-0.05, 0) is 36.8 Å². The van der Waals surface area contributed by atoms with Crippen LogP contribution in [0.5, 0.6) is 5.75 Å². The predicted octanol–water partition coefficient (Wildman–Crippen LogP) is 2.53. The van der Waals surface area contributed by atoms with Gasteiger partial charge >= 0.3 is 0 Å². The minimum Gasteiger partial charge on any atom is -0.508 e. The molecule has 0 saturated carbocycles. The molecule has 0 saturated heterocycles. The summed E-state index contributed by atoms with van der Waals surface area (Å²) >= 11 is 0. The third-order valence-corrected chi connectivity index (χ3v) is 2.82. The zero-order valence-corrected chi connectivity index (χ0v) is 11.5. The number of halogens is 1. The highest BCUT2D eigenvalue weighted by atomic mass is 19.1. The van der Waals surface area contributed by atoms with Gasteiger partial charge in [0, 0.05) is 5.56 Å². The summed E-state index contributed by atoms with van der Waals surface area (Å²) in [5.74, 6) is -0.637. The lowest BCUT2D eigenvalue weighted by atomic mass is 10.1. The van der Waals surface area contributed by atoms with Crippen molar-refractivity contribution in [2.75, 3.05) is 0 Å². The van der Waals surface area contributed by atoms with Gasteiger partial charge in [-0.1, -0.05) is 23.8 Å². The van der Waals surface area contributed by atoms with Crippen molar-refractivity contribution in [3.63, 3.8) is 0 Å². The number of rotatable bonds is 4. The lowest BCUT2D eigenvalue weighted by molar-refractivity contribution is -0.120. The molecular formula is C16H15FN2O2. The second kappa shape index (κ2) is 6.65. The first-order chi connectivity index (χ1) is 10.0. The predicted molar refractivity (Wildman–Crippen MR) is 78.7 cm³/mol. The van der Waals surface area contributed by atoms with Gasteiger partial charge in [-0.25, -0.2) is 9.82 Å². The number of nitrogens with one attached hydrogen (secondary N) is 1. The lowest BCUT2D eigenvalue weighted by Gasteiger charge is -2.02. The van der Waals surface area contributed by atoms with Gasteiger partial charge in [-0.15, -0.1) is 0 Å². The molecule has 5 heteroatoms. The number of carbonyl (C=O) groups excluding carboxylic acids is 1. The van der Waals surface area contributed by atoms with Gasteiger partial charge in [0.05, 0.1) is 12.6 Å². The van der Waals surface area contributed by atoms with Gasteiger partial charge < -0.3 is 5.11 Å². The second-order valence-corrected chi connectivity index (χ2v) is 4.66. The van der Waals surface area contributed by atoms with Gasteiger partial charge in [-0.3, -0.25) is 4.79 Å². The molecule has 21 heavy (non-hydrogen) atoms. The smallest absolute Gasteiger partial charge is 0.244 e. The summed E-state index contributed by atoms with van der Waals surface area (Å²) in [6.45, 7) is 1.84. The van der Waals surface area contributed by atoms with Crippen LogP contribution in [0.25, 0.3) is 0 Å². The SMILES string of the molecule is Cc1ccc(F)c(/C=N/NC(=O)Cc2cccc(O)c2)c1. The summed E-state index contributed by atoms with van der Waals surface area (Å²) in [4.78, 5) is 11.7. The van der Waals surface area contributed by atoms with E-state index in [1.807, 2.05) is 6.92 Å². The third-order valence-electron chi connectivity index (χ3n) is 2.82. The van der Waals surface area contributed by atoms with E-state index >= 15 is 0 Å². The summed E-state index contributed by atoms with van der Waals surface area (Å²) in [5.41, 5.74) is 4.22. The molecule has 0 atom stereocenters. The zero-order chi connectivity index (χ0) is 15.2. The molecule has 0 fully saturated rings. The number of phenols is 1. The topological polar surface area (TPSA) is 61.7 Å². The van der Waals surface area contributed by atoms with Crippen molar-refractivity contribution in [3.05, 3.63) is 65.0 Å². The van der Waals surface area contributed by atoms with Gasteiger partial charge in [0.2, 0.25) is 5.91 Å². The van der Waals surface area contributed by atoms with Crippen LogP contribution in [0.1, 0.15) is 16.7 Å². The molecule has 0 aliphatic rings. The van der Waals surface area contributed by atoms with Crippen molar-refractivity contribution in [1.29, 1.82) is 0 Å². The van der Waals surface area contributed by atoms with Crippen molar-refractivity contribution in [1.82, 2.24) is 5.43 Å². The maximum absolute atomic E-state index is 13.5. The molecule has 4 nitrogen and oxygen atoms in total. The first-order valence-corrected chi connectivity index (χ1v) is 6.40. The number of phenolic OH excluding ortho intramolecular Hbond substituents is 1. The molecule has 1 amide bonds. The molecule has 0 heterocycles. The van der Waals surface area contributed by atoms with E-state index in [1.54, 1.807) is 24.3 Å². The van der Waals surface area contributed by atoms with E-state index in [-0.39, 0.29) is 18.1 Å². The number of benzene rings is 2.